The third kappa shape index (κ3) is 5.24. The molecule has 0 spiro atoms. The largest absolute Gasteiger partial charge is 0.383 e. The molecule has 0 aliphatic rings. The zero-order valence-corrected chi connectivity index (χ0v) is 14.5. The molecule has 0 saturated heterocycles. The Morgan fingerprint density at radius 1 is 1.33 bits per heavy atom. The first-order valence-corrected chi connectivity index (χ1v) is 9.00. The van der Waals surface area contributed by atoms with E-state index in [2.05, 4.69) is 41.9 Å². The average Bonchev–Trinajstić information content (AvgIpc) is 2.63. The Morgan fingerprint density at radius 3 is 2.61 bits per heavy atom. The Balaban J connectivity index is 2.43. The van der Waals surface area contributed by atoms with Gasteiger partial charge in [-0.05, 0) is 37.9 Å². The zero-order chi connectivity index (χ0) is 13.6. The van der Waals surface area contributed by atoms with Gasteiger partial charge in [-0.1, -0.05) is 0 Å². The van der Waals surface area contributed by atoms with Gasteiger partial charge in [0.15, 0.2) is 0 Å². The molecule has 5 nitrogen and oxygen atoms in total. The molecule has 1 aromatic rings. The van der Waals surface area contributed by atoms with E-state index in [1.165, 1.54) is 11.3 Å². The molecule has 0 amide bonds. The van der Waals surface area contributed by atoms with Crippen molar-refractivity contribution in [2.45, 2.75) is 4.90 Å². The minimum absolute atomic E-state index is 0.260. The molecule has 0 radical (unpaired) electrons. The highest BCUT2D eigenvalue weighted by molar-refractivity contribution is 9.12. The van der Waals surface area contributed by atoms with E-state index in [-0.39, 0.29) is 4.90 Å². The van der Waals surface area contributed by atoms with Crippen LogP contribution < -0.4 is 10.0 Å². The van der Waals surface area contributed by atoms with Crippen LogP contribution in [-0.4, -0.2) is 41.8 Å². The summed E-state index contributed by atoms with van der Waals surface area (Å²) < 4.78 is 32.7. The summed E-state index contributed by atoms with van der Waals surface area (Å²) in [5, 5.41) is 3.06. The maximum Gasteiger partial charge on any atom is 0.242 e. The van der Waals surface area contributed by atoms with Crippen molar-refractivity contribution in [1.82, 2.24) is 10.0 Å². The van der Waals surface area contributed by atoms with E-state index in [1.807, 2.05) is 0 Å². The summed E-state index contributed by atoms with van der Waals surface area (Å²) in [5.74, 6) is 0. The molecule has 18 heavy (non-hydrogen) atoms. The molecule has 0 aliphatic carbocycles. The van der Waals surface area contributed by atoms with Gasteiger partial charge in [-0.3, -0.25) is 0 Å². The monoisotopic (exact) mass is 420 g/mol. The molecule has 0 saturated carbocycles. The van der Waals surface area contributed by atoms with Gasteiger partial charge < -0.3 is 10.1 Å². The van der Waals surface area contributed by atoms with E-state index in [1.54, 1.807) is 13.2 Å². The summed E-state index contributed by atoms with van der Waals surface area (Å²) in [6, 6.07) is 1.58. The Morgan fingerprint density at radius 2 is 2.06 bits per heavy atom. The Bertz CT molecular complexity index is 476. The second kappa shape index (κ2) is 7.93. The fraction of sp³-hybridized carbons (Fsp3) is 0.556. The van der Waals surface area contributed by atoms with Crippen LogP contribution in [0.25, 0.3) is 0 Å². The Kier molecular flexibility index (Phi) is 7.29. The summed E-state index contributed by atoms with van der Waals surface area (Å²) >= 11 is 7.82. The third-order valence-electron chi connectivity index (χ3n) is 1.99. The SMILES string of the molecule is COCCNCCNS(=O)(=O)c1cc(Br)sc1Br. The number of halogens is 2. The number of sulfonamides is 1. The predicted molar refractivity (Wildman–Crippen MR) is 79.7 cm³/mol. The van der Waals surface area contributed by atoms with Gasteiger partial charge >= 0.3 is 0 Å². The van der Waals surface area contributed by atoms with E-state index in [4.69, 9.17) is 4.74 Å². The Labute approximate surface area is 128 Å². The fourth-order valence-electron chi connectivity index (χ4n) is 1.16. The highest BCUT2D eigenvalue weighted by Crippen LogP contribution is 2.34. The van der Waals surface area contributed by atoms with Crippen LogP contribution in [0, 0.1) is 0 Å². The van der Waals surface area contributed by atoms with Gasteiger partial charge in [0.2, 0.25) is 10.0 Å². The van der Waals surface area contributed by atoms with Crippen molar-refractivity contribution in [2.75, 3.05) is 33.4 Å². The van der Waals surface area contributed by atoms with E-state index < -0.39 is 10.0 Å². The molecule has 1 rings (SSSR count). The Hall–Kier alpha value is 0.490. The molecular weight excluding hydrogens is 408 g/mol. The number of ether oxygens (including phenoxy) is 1. The second-order valence-corrected chi connectivity index (χ2v) is 8.81. The van der Waals surface area contributed by atoms with Gasteiger partial charge in [0, 0.05) is 26.7 Å². The number of thiophene rings is 1. The number of nitrogens with one attached hydrogen (secondary N) is 2. The van der Waals surface area contributed by atoms with E-state index >= 15 is 0 Å². The van der Waals surface area contributed by atoms with Gasteiger partial charge in [0.05, 0.1) is 14.2 Å². The fourth-order valence-corrected chi connectivity index (χ4v) is 6.00. The molecule has 104 valence electrons. The van der Waals surface area contributed by atoms with Gasteiger partial charge in [0.25, 0.3) is 0 Å². The van der Waals surface area contributed by atoms with Crippen LogP contribution in [0.4, 0.5) is 0 Å². The quantitative estimate of drug-likeness (QED) is 0.628. The van der Waals surface area contributed by atoms with Crippen LogP contribution in [0.3, 0.4) is 0 Å². The number of rotatable bonds is 8. The smallest absolute Gasteiger partial charge is 0.242 e. The van der Waals surface area contributed by atoms with Crippen LogP contribution in [0.15, 0.2) is 18.5 Å². The van der Waals surface area contributed by atoms with Crippen molar-refractivity contribution in [1.29, 1.82) is 0 Å². The molecular formula is C9H14Br2N2O3S2. The molecule has 1 aromatic heterocycles. The number of hydrogen-bond acceptors (Lipinski definition) is 5. The first kappa shape index (κ1) is 16.5. The highest BCUT2D eigenvalue weighted by atomic mass is 79.9. The molecule has 0 bridgehead atoms. The molecule has 0 unspecified atom stereocenters. The maximum atomic E-state index is 11.9. The number of hydrogen-bond donors (Lipinski definition) is 2. The first-order valence-electron chi connectivity index (χ1n) is 5.11. The van der Waals surface area contributed by atoms with Crippen LogP contribution in [0.2, 0.25) is 0 Å². The highest BCUT2D eigenvalue weighted by Gasteiger charge is 2.19. The summed E-state index contributed by atoms with van der Waals surface area (Å²) in [7, 11) is -1.83. The normalized spacial score (nSPS) is 11.9. The van der Waals surface area contributed by atoms with E-state index in [0.717, 1.165) is 3.79 Å². The summed E-state index contributed by atoms with van der Waals surface area (Å²) in [6.45, 7) is 2.21. The average molecular weight is 422 g/mol. The van der Waals surface area contributed by atoms with Crippen molar-refractivity contribution in [2.24, 2.45) is 0 Å². The molecule has 9 heteroatoms. The topological polar surface area (TPSA) is 67.4 Å². The molecule has 0 fully saturated rings. The third-order valence-corrected chi connectivity index (χ3v) is 6.21. The maximum absolute atomic E-state index is 11.9. The number of methoxy groups -OCH3 is 1. The van der Waals surface area contributed by atoms with Crippen molar-refractivity contribution < 1.29 is 13.2 Å². The van der Waals surface area contributed by atoms with E-state index in [0.29, 0.717) is 30.0 Å². The minimum atomic E-state index is -3.45. The van der Waals surface area contributed by atoms with E-state index in [9.17, 15) is 8.42 Å². The standard InChI is InChI=1S/C9H14Br2N2O3S2/c1-16-5-4-12-2-3-13-18(14,15)7-6-8(10)17-9(7)11/h6,12-13H,2-5H2,1H3. The zero-order valence-electron chi connectivity index (χ0n) is 9.70. The lowest BCUT2D eigenvalue weighted by atomic mass is 10.6. The minimum Gasteiger partial charge on any atom is -0.383 e. The lowest BCUT2D eigenvalue weighted by Gasteiger charge is -2.06. The van der Waals surface area contributed by atoms with Gasteiger partial charge in [-0.25, -0.2) is 13.1 Å². The van der Waals surface area contributed by atoms with Crippen LogP contribution in [0.1, 0.15) is 0 Å². The van der Waals surface area contributed by atoms with Crippen molar-refractivity contribution in [3.05, 3.63) is 13.6 Å². The molecule has 0 aliphatic heterocycles. The van der Waals surface area contributed by atoms with Gasteiger partial charge in [-0.2, -0.15) is 0 Å². The van der Waals surface area contributed by atoms with Crippen LogP contribution >= 0.6 is 43.2 Å². The lowest BCUT2D eigenvalue weighted by molar-refractivity contribution is 0.199. The van der Waals surface area contributed by atoms with Crippen molar-refractivity contribution in [3.63, 3.8) is 0 Å². The lowest BCUT2D eigenvalue weighted by Crippen LogP contribution is -2.33. The van der Waals surface area contributed by atoms with Crippen LogP contribution in [-0.2, 0) is 14.8 Å². The predicted octanol–water partition coefficient (Wildman–Crippen LogP) is 1.79. The van der Waals surface area contributed by atoms with Gasteiger partial charge in [0.1, 0.15) is 4.90 Å². The molecule has 0 aromatic carbocycles. The summed E-state index contributed by atoms with van der Waals surface area (Å²) in [5.41, 5.74) is 0. The van der Waals surface area contributed by atoms with Gasteiger partial charge in [-0.15, -0.1) is 11.3 Å². The molecule has 0 atom stereocenters. The molecule has 1 heterocycles. The van der Waals surface area contributed by atoms with Crippen molar-refractivity contribution >= 4 is 53.2 Å². The summed E-state index contributed by atoms with van der Waals surface area (Å²) in [4.78, 5) is 0.260. The summed E-state index contributed by atoms with van der Waals surface area (Å²) in [6.07, 6.45) is 0. The second-order valence-electron chi connectivity index (χ2n) is 3.33. The van der Waals surface area contributed by atoms with Crippen molar-refractivity contribution in [3.8, 4) is 0 Å². The first-order chi connectivity index (χ1) is 8.47. The van der Waals surface area contributed by atoms with Crippen LogP contribution in [0.5, 0.6) is 0 Å². The molecule has 2 N–H and O–H groups in total.